The Morgan fingerprint density at radius 3 is 2.29 bits per heavy atom. The van der Waals surface area contributed by atoms with E-state index >= 15 is 0 Å². The standard InChI is InChI=1S/C6H6N2O2.3ClH.Ti/c7-4-2-1-3-8-5(4)6(9)10;;;;/h1-3H,7H2,(H,9,10);3*1H;/q;;;;+3/p-3. The van der Waals surface area contributed by atoms with Gasteiger partial charge in [-0.2, -0.15) is 0 Å². The maximum absolute atomic E-state index is 10.3. The zero-order valence-electron chi connectivity index (χ0n) is 6.75. The molecule has 1 heterocycles. The van der Waals surface area contributed by atoms with E-state index in [2.05, 4.69) is 4.98 Å². The topological polar surface area (TPSA) is 76.2 Å². The summed E-state index contributed by atoms with van der Waals surface area (Å²) in [5, 5.41) is 8.42. The summed E-state index contributed by atoms with van der Waals surface area (Å²) < 4.78 is 0. The number of carboxylic acid groups (broad SMARTS) is 1. The van der Waals surface area contributed by atoms with Crippen molar-refractivity contribution in [2.45, 2.75) is 0 Å². The Bertz CT molecular complexity index is 308. The Morgan fingerprint density at radius 1 is 1.50 bits per heavy atom. The molecule has 4 nitrogen and oxygen atoms in total. The zero-order chi connectivity index (χ0) is 11.1. The van der Waals surface area contributed by atoms with Gasteiger partial charge in [0.2, 0.25) is 0 Å². The Hall–Kier alpha value is 0.00429. The predicted octanol–water partition coefficient (Wildman–Crippen LogP) is 2.43. The first-order valence-corrected chi connectivity index (χ1v) is 9.67. The average Bonchev–Trinajstić information content (AvgIpc) is 2.03. The van der Waals surface area contributed by atoms with Crippen molar-refractivity contribution in [1.82, 2.24) is 4.98 Å². The number of rotatable bonds is 1. The minimum absolute atomic E-state index is 0.0949. The molecule has 0 aliphatic rings. The fourth-order valence-electron chi connectivity index (χ4n) is 0.596. The van der Waals surface area contributed by atoms with Gasteiger partial charge in [0.25, 0.3) is 0 Å². The second kappa shape index (κ2) is 7.32. The predicted molar refractivity (Wildman–Crippen MR) is 53.2 cm³/mol. The summed E-state index contributed by atoms with van der Waals surface area (Å²) in [6, 6.07) is 3.08. The third-order valence-corrected chi connectivity index (χ3v) is 1.04. The molecule has 0 amide bonds. The van der Waals surface area contributed by atoms with Gasteiger partial charge in [0.15, 0.2) is 5.69 Å². The van der Waals surface area contributed by atoms with E-state index in [0.29, 0.717) is 0 Å². The number of nitrogens with zero attached hydrogens (tertiary/aromatic N) is 1. The molecule has 1 rings (SSSR count). The van der Waals surface area contributed by atoms with Gasteiger partial charge in [-0.25, -0.2) is 9.78 Å². The summed E-state index contributed by atoms with van der Waals surface area (Å²) in [6.07, 6.45) is 1.39. The number of pyridine rings is 1. The number of nitrogen functional groups attached to an aromatic ring is 1. The van der Waals surface area contributed by atoms with E-state index in [1.54, 1.807) is 6.07 Å². The van der Waals surface area contributed by atoms with E-state index in [0.717, 1.165) is 0 Å². The average molecular weight is 292 g/mol. The van der Waals surface area contributed by atoms with Crippen molar-refractivity contribution in [2.75, 3.05) is 5.73 Å². The van der Waals surface area contributed by atoms with Crippen molar-refractivity contribution < 1.29 is 24.6 Å². The number of hydrogen-bond donors (Lipinski definition) is 2. The van der Waals surface area contributed by atoms with Crippen LogP contribution in [0.15, 0.2) is 18.3 Å². The van der Waals surface area contributed by atoms with Crippen molar-refractivity contribution in [3.63, 3.8) is 0 Å². The van der Waals surface area contributed by atoms with E-state index < -0.39 is 20.7 Å². The van der Waals surface area contributed by atoms with E-state index in [-0.39, 0.29) is 11.4 Å². The summed E-state index contributed by atoms with van der Waals surface area (Å²) in [5.74, 6) is -1.10. The van der Waals surface area contributed by atoms with Crippen LogP contribution in [0.3, 0.4) is 0 Å². The van der Waals surface area contributed by atoms with Crippen molar-refractivity contribution in [1.29, 1.82) is 0 Å². The second-order valence-electron chi connectivity index (χ2n) is 1.96. The summed E-state index contributed by atoms with van der Waals surface area (Å²) in [5.41, 5.74) is 5.37. The monoisotopic (exact) mass is 291 g/mol. The van der Waals surface area contributed by atoms with Crippen molar-refractivity contribution in [3.8, 4) is 0 Å². The first-order chi connectivity index (χ1) is 6.45. The summed E-state index contributed by atoms with van der Waals surface area (Å²) >= 11 is -1.92. The van der Waals surface area contributed by atoms with Crippen LogP contribution in [0.1, 0.15) is 10.5 Å². The molecule has 8 heteroatoms. The number of carbonyl (C=O) groups is 1. The van der Waals surface area contributed by atoms with E-state index in [4.69, 9.17) is 38.8 Å². The molecule has 0 saturated carbocycles. The number of carboxylic acids is 1. The number of aromatic nitrogens is 1. The van der Waals surface area contributed by atoms with Crippen LogP contribution in [0.2, 0.25) is 0 Å². The molecule has 0 aromatic carbocycles. The molecular weight excluding hydrogens is 286 g/mol. The molecule has 0 saturated heterocycles. The molecule has 0 fully saturated rings. The maximum atomic E-state index is 10.3. The van der Waals surface area contributed by atoms with Crippen LogP contribution in [-0.4, -0.2) is 16.1 Å². The molecule has 0 spiro atoms. The van der Waals surface area contributed by atoms with Crippen LogP contribution >= 0.6 is 27.9 Å². The van der Waals surface area contributed by atoms with Gasteiger partial charge >= 0.3 is 48.6 Å². The van der Waals surface area contributed by atoms with Crippen molar-refractivity contribution in [2.24, 2.45) is 0 Å². The molecule has 1 aromatic heterocycles. The van der Waals surface area contributed by atoms with Crippen LogP contribution in [0.5, 0.6) is 0 Å². The van der Waals surface area contributed by atoms with Crippen LogP contribution < -0.4 is 5.73 Å². The fraction of sp³-hybridized carbons (Fsp3) is 0. The molecular formula is C6H6Cl3N2O2Ti. The van der Waals surface area contributed by atoms with Gasteiger partial charge in [0.1, 0.15) is 0 Å². The number of hydrogen-bond acceptors (Lipinski definition) is 3. The van der Waals surface area contributed by atoms with Crippen LogP contribution in [-0.2, 0) is 14.7 Å². The Kier molecular flexibility index (Phi) is 7.32. The first kappa shape index (κ1) is 14.0. The van der Waals surface area contributed by atoms with Gasteiger partial charge in [-0.1, -0.05) is 0 Å². The fourth-order valence-corrected chi connectivity index (χ4v) is 0.596. The summed E-state index contributed by atoms with van der Waals surface area (Å²) in [6.45, 7) is 0. The molecule has 0 radical (unpaired) electrons. The van der Waals surface area contributed by atoms with Crippen molar-refractivity contribution in [3.05, 3.63) is 24.0 Å². The second-order valence-corrected chi connectivity index (χ2v) is 9.70. The number of nitrogens with two attached hydrogens (primary N) is 1. The van der Waals surface area contributed by atoms with Gasteiger partial charge in [-0.05, 0) is 12.1 Å². The van der Waals surface area contributed by atoms with Gasteiger partial charge in [-0.3, -0.25) is 0 Å². The van der Waals surface area contributed by atoms with Gasteiger partial charge in [0.05, 0.1) is 5.69 Å². The molecule has 0 unspecified atom stereocenters. The third-order valence-electron chi connectivity index (χ3n) is 1.04. The van der Waals surface area contributed by atoms with Crippen LogP contribution in [0.4, 0.5) is 5.69 Å². The van der Waals surface area contributed by atoms with Crippen LogP contribution in [0, 0.1) is 0 Å². The van der Waals surface area contributed by atoms with Crippen LogP contribution in [0.25, 0.3) is 0 Å². The van der Waals surface area contributed by atoms with Crippen molar-refractivity contribution >= 4 is 39.6 Å². The van der Waals surface area contributed by atoms with E-state index in [9.17, 15) is 4.79 Å². The molecule has 14 heavy (non-hydrogen) atoms. The third kappa shape index (κ3) is 6.46. The molecule has 0 bridgehead atoms. The number of aromatic carboxylic acids is 1. The summed E-state index contributed by atoms with van der Waals surface area (Å²) in [7, 11) is 14.9. The van der Waals surface area contributed by atoms with E-state index in [1.165, 1.54) is 12.3 Å². The number of anilines is 1. The minimum atomic E-state index is -1.92. The Morgan fingerprint density at radius 2 is 2.00 bits per heavy atom. The normalized spacial score (nSPS) is 8.50. The van der Waals surface area contributed by atoms with Gasteiger partial charge in [0, 0.05) is 6.20 Å². The Labute approximate surface area is 98.4 Å². The van der Waals surface area contributed by atoms with Gasteiger partial charge < -0.3 is 10.8 Å². The van der Waals surface area contributed by atoms with E-state index in [1.807, 2.05) is 0 Å². The molecule has 1 aromatic rings. The SMILES string of the molecule is Nc1cccnc1C(=O)O.[Cl][Ti]([Cl])[Cl]. The molecule has 0 aliphatic heterocycles. The van der Waals surface area contributed by atoms with Gasteiger partial charge in [-0.15, -0.1) is 0 Å². The quantitative estimate of drug-likeness (QED) is 0.779. The Balaban J connectivity index is 0.000000364. The summed E-state index contributed by atoms with van der Waals surface area (Å²) in [4.78, 5) is 13.8. The molecule has 0 atom stereocenters. The first-order valence-electron chi connectivity index (χ1n) is 3.22. The molecule has 0 aliphatic carbocycles. The zero-order valence-corrected chi connectivity index (χ0v) is 10.6. The molecule has 77 valence electrons. The molecule has 3 N–H and O–H groups in total. The number of halogens is 3.